The molecule has 0 aliphatic rings. The van der Waals surface area contributed by atoms with Gasteiger partial charge in [-0.3, -0.25) is 0 Å². The van der Waals surface area contributed by atoms with Gasteiger partial charge in [0.1, 0.15) is 11.5 Å². The SMILES string of the molecule is COc1ccc(/C=C/C=N/N=C(N)N/N=C/C=C/c2ccc(OC)cc2)cc1. The van der Waals surface area contributed by atoms with Crippen molar-refractivity contribution < 1.29 is 9.47 Å². The quantitative estimate of drug-likeness (QED) is 0.419. The lowest BCUT2D eigenvalue weighted by Crippen LogP contribution is -2.26. The normalized spacial score (nSPS) is 12.4. The molecule has 2 aromatic carbocycles. The molecule has 28 heavy (non-hydrogen) atoms. The first-order valence-electron chi connectivity index (χ1n) is 8.48. The highest BCUT2D eigenvalue weighted by Gasteiger charge is 1.90. The van der Waals surface area contributed by atoms with Crippen LogP contribution in [0.5, 0.6) is 11.5 Å². The maximum Gasteiger partial charge on any atom is 0.234 e. The molecule has 7 nitrogen and oxygen atoms in total. The van der Waals surface area contributed by atoms with E-state index in [1.807, 2.05) is 60.7 Å². The van der Waals surface area contributed by atoms with E-state index in [0.29, 0.717) is 0 Å². The van der Waals surface area contributed by atoms with Crippen LogP contribution >= 0.6 is 0 Å². The molecule has 0 aromatic heterocycles. The molecule has 0 bridgehead atoms. The topological polar surface area (TPSA) is 93.6 Å². The summed E-state index contributed by atoms with van der Waals surface area (Å²) in [5.41, 5.74) is 10.3. The molecule has 0 atom stereocenters. The Hall–Kier alpha value is -3.87. The molecule has 7 heteroatoms. The summed E-state index contributed by atoms with van der Waals surface area (Å²) in [6.45, 7) is 0. The van der Waals surface area contributed by atoms with Crippen LogP contribution in [0, 0.1) is 0 Å². The highest BCUT2D eigenvalue weighted by Crippen LogP contribution is 2.12. The second-order valence-corrected chi connectivity index (χ2v) is 5.40. The summed E-state index contributed by atoms with van der Waals surface area (Å²) < 4.78 is 10.2. The van der Waals surface area contributed by atoms with Crippen LogP contribution in [-0.2, 0) is 0 Å². The minimum absolute atomic E-state index is 0.0863. The van der Waals surface area contributed by atoms with Gasteiger partial charge < -0.3 is 15.2 Å². The Bertz CT molecular complexity index is 867. The largest absolute Gasteiger partial charge is 0.497 e. The molecular formula is C21H23N5O2. The zero-order valence-electron chi connectivity index (χ0n) is 15.8. The fourth-order valence-electron chi connectivity index (χ4n) is 2.04. The van der Waals surface area contributed by atoms with E-state index in [1.54, 1.807) is 32.6 Å². The summed E-state index contributed by atoms with van der Waals surface area (Å²) >= 11 is 0. The smallest absolute Gasteiger partial charge is 0.234 e. The average Bonchev–Trinajstić information content (AvgIpc) is 2.74. The van der Waals surface area contributed by atoms with Crippen molar-refractivity contribution in [1.82, 2.24) is 5.43 Å². The van der Waals surface area contributed by atoms with Gasteiger partial charge in [-0.1, -0.05) is 36.4 Å². The van der Waals surface area contributed by atoms with Gasteiger partial charge in [0.05, 0.1) is 14.2 Å². The third kappa shape index (κ3) is 7.57. The number of guanidine groups is 1. The zero-order valence-corrected chi connectivity index (χ0v) is 15.8. The third-order valence-electron chi connectivity index (χ3n) is 3.47. The standard InChI is InChI=1S/C21H23N5O2/c1-27-19-11-7-17(8-12-19)5-3-15-23-25-21(22)26-24-16-4-6-18-9-13-20(28-2)14-10-18/h3-16H,1-2H3,(H3,22,25,26)/b5-3+,6-4+,23-15+,24-16+. The van der Waals surface area contributed by atoms with E-state index in [0.717, 1.165) is 22.6 Å². The Morgan fingerprint density at radius 1 is 0.821 bits per heavy atom. The zero-order chi connectivity index (χ0) is 20.0. The third-order valence-corrected chi connectivity index (χ3v) is 3.47. The Morgan fingerprint density at radius 3 is 1.82 bits per heavy atom. The predicted octanol–water partition coefficient (Wildman–Crippen LogP) is 3.31. The highest BCUT2D eigenvalue weighted by molar-refractivity contribution is 5.83. The first kappa shape index (κ1) is 20.4. The molecule has 2 rings (SSSR count). The molecule has 0 saturated heterocycles. The van der Waals surface area contributed by atoms with Crippen molar-refractivity contribution in [2.24, 2.45) is 21.0 Å². The number of nitrogens with one attached hydrogen (secondary N) is 1. The summed E-state index contributed by atoms with van der Waals surface area (Å²) in [6, 6.07) is 15.3. The maximum absolute atomic E-state index is 5.66. The monoisotopic (exact) mass is 377 g/mol. The molecule has 0 aliphatic heterocycles. The van der Waals surface area contributed by atoms with Gasteiger partial charge >= 0.3 is 0 Å². The number of methoxy groups -OCH3 is 2. The van der Waals surface area contributed by atoms with Crippen molar-refractivity contribution in [2.75, 3.05) is 14.2 Å². The van der Waals surface area contributed by atoms with Gasteiger partial charge in [0.2, 0.25) is 5.96 Å². The molecular weight excluding hydrogens is 354 g/mol. The fraction of sp³-hybridized carbons (Fsp3) is 0.0952. The van der Waals surface area contributed by atoms with E-state index in [4.69, 9.17) is 15.2 Å². The van der Waals surface area contributed by atoms with Crippen LogP contribution in [0.2, 0.25) is 0 Å². The van der Waals surface area contributed by atoms with Crippen molar-refractivity contribution in [3.63, 3.8) is 0 Å². The highest BCUT2D eigenvalue weighted by atomic mass is 16.5. The van der Waals surface area contributed by atoms with Crippen molar-refractivity contribution in [2.45, 2.75) is 0 Å². The van der Waals surface area contributed by atoms with Crippen LogP contribution in [-0.4, -0.2) is 32.6 Å². The van der Waals surface area contributed by atoms with Crippen LogP contribution in [0.25, 0.3) is 12.2 Å². The van der Waals surface area contributed by atoms with Crippen LogP contribution in [0.1, 0.15) is 11.1 Å². The van der Waals surface area contributed by atoms with Crippen LogP contribution in [0.15, 0.2) is 76.0 Å². The molecule has 0 heterocycles. The van der Waals surface area contributed by atoms with Gasteiger partial charge in [-0.2, -0.15) is 10.2 Å². The van der Waals surface area contributed by atoms with Gasteiger partial charge in [0.15, 0.2) is 0 Å². The van der Waals surface area contributed by atoms with Crippen molar-refractivity contribution in [3.05, 3.63) is 71.8 Å². The van der Waals surface area contributed by atoms with Crippen LogP contribution in [0.4, 0.5) is 0 Å². The minimum Gasteiger partial charge on any atom is -0.497 e. The van der Waals surface area contributed by atoms with E-state index < -0.39 is 0 Å². The lowest BCUT2D eigenvalue weighted by atomic mass is 10.2. The van der Waals surface area contributed by atoms with E-state index >= 15 is 0 Å². The lowest BCUT2D eigenvalue weighted by molar-refractivity contribution is 0.414. The molecule has 0 radical (unpaired) electrons. The number of nitrogens with zero attached hydrogens (tertiary/aromatic N) is 3. The summed E-state index contributed by atoms with van der Waals surface area (Å²) in [4.78, 5) is 0. The number of hydrazone groups is 1. The fourth-order valence-corrected chi connectivity index (χ4v) is 2.04. The van der Waals surface area contributed by atoms with Crippen LogP contribution < -0.4 is 20.6 Å². The lowest BCUT2D eigenvalue weighted by Gasteiger charge is -1.98. The Balaban J connectivity index is 1.74. The summed E-state index contributed by atoms with van der Waals surface area (Å²) in [5.74, 6) is 1.72. The molecule has 0 spiro atoms. The minimum atomic E-state index is 0.0863. The molecule has 0 fully saturated rings. The van der Waals surface area contributed by atoms with Gasteiger partial charge in [0, 0.05) is 12.4 Å². The van der Waals surface area contributed by atoms with Gasteiger partial charge in [-0.25, -0.2) is 5.43 Å². The molecule has 0 aliphatic carbocycles. The number of hydrogen-bond donors (Lipinski definition) is 2. The van der Waals surface area contributed by atoms with E-state index in [-0.39, 0.29) is 5.96 Å². The van der Waals surface area contributed by atoms with Crippen molar-refractivity contribution in [1.29, 1.82) is 0 Å². The van der Waals surface area contributed by atoms with Crippen molar-refractivity contribution in [3.8, 4) is 11.5 Å². The molecule has 0 amide bonds. The average molecular weight is 377 g/mol. The van der Waals surface area contributed by atoms with Gasteiger partial charge in [-0.05, 0) is 47.5 Å². The molecule has 0 saturated carbocycles. The number of nitrogens with two attached hydrogens (primary N) is 1. The van der Waals surface area contributed by atoms with Gasteiger partial charge in [0.25, 0.3) is 0 Å². The summed E-state index contributed by atoms with van der Waals surface area (Å²) in [7, 11) is 3.27. The van der Waals surface area contributed by atoms with Crippen molar-refractivity contribution >= 4 is 30.5 Å². The first-order valence-corrected chi connectivity index (χ1v) is 8.48. The summed E-state index contributed by atoms with van der Waals surface area (Å²) in [6.07, 6.45) is 10.4. The van der Waals surface area contributed by atoms with E-state index in [9.17, 15) is 0 Å². The summed E-state index contributed by atoms with van der Waals surface area (Å²) in [5, 5.41) is 11.6. The van der Waals surface area contributed by atoms with E-state index in [1.165, 1.54) is 6.21 Å². The Labute approximate surface area is 164 Å². The number of benzene rings is 2. The first-order chi connectivity index (χ1) is 13.7. The number of hydrogen-bond acceptors (Lipinski definition) is 5. The van der Waals surface area contributed by atoms with E-state index in [2.05, 4.69) is 20.7 Å². The number of rotatable bonds is 8. The molecule has 144 valence electrons. The molecule has 2 aromatic rings. The number of ether oxygens (including phenoxy) is 2. The maximum atomic E-state index is 5.66. The molecule has 3 N–H and O–H groups in total. The van der Waals surface area contributed by atoms with Gasteiger partial charge in [-0.15, -0.1) is 5.10 Å². The second kappa shape index (κ2) is 11.7. The van der Waals surface area contributed by atoms with Crippen LogP contribution in [0.3, 0.4) is 0 Å². The Morgan fingerprint density at radius 2 is 1.32 bits per heavy atom. The number of allylic oxidation sites excluding steroid dienone is 2. The second-order valence-electron chi connectivity index (χ2n) is 5.40. The predicted molar refractivity (Wildman–Crippen MR) is 116 cm³/mol. The Kier molecular flexibility index (Phi) is 8.53. The molecule has 0 unspecified atom stereocenters.